The van der Waals surface area contributed by atoms with Crippen LogP contribution < -0.4 is 0 Å². The summed E-state index contributed by atoms with van der Waals surface area (Å²) in [7, 11) is 0. The van der Waals surface area contributed by atoms with Crippen LogP contribution in [0.25, 0.3) is 11.2 Å². The van der Waals surface area contributed by atoms with Crippen molar-refractivity contribution in [3.63, 3.8) is 0 Å². The first-order valence-corrected chi connectivity index (χ1v) is 8.31. The zero-order valence-corrected chi connectivity index (χ0v) is 13.4. The van der Waals surface area contributed by atoms with E-state index in [-0.39, 0.29) is 5.75 Å². The van der Waals surface area contributed by atoms with Gasteiger partial charge in [0.1, 0.15) is 5.52 Å². The lowest BCUT2D eigenvalue weighted by atomic mass is 10.2. The van der Waals surface area contributed by atoms with Crippen LogP contribution in [0.1, 0.15) is 38.4 Å². The van der Waals surface area contributed by atoms with Crippen molar-refractivity contribution in [1.82, 2.24) is 19.3 Å². The molecule has 0 bridgehead atoms. The maximum Gasteiger partial charge on any atom is 0.313 e. The molecule has 7 heteroatoms. The summed E-state index contributed by atoms with van der Waals surface area (Å²) in [6.07, 6.45) is 2.48. The van der Waals surface area contributed by atoms with E-state index in [1.54, 1.807) is 0 Å². The van der Waals surface area contributed by atoms with Gasteiger partial charge >= 0.3 is 5.97 Å². The number of aromatic nitrogens is 4. The van der Waals surface area contributed by atoms with Gasteiger partial charge in [0, 0.05) is 12.6 Å². The fourth-order valence-corrected chi connectivity index (χ4v) is 3.57. The average Bonchev–Trinajstić information content (AvgIpc) is 3.15. The number of hydrogen-bond donors (Lipinski definition) is 1. The molecule has 0 aliphatic heterocycles. The minimum Gasteiger partial charge on any atom is -0.481 e. The van der Waals surface area contributed by atoms with E-state index in [9.17, 15) is 4.79 Å². The lowest BCUT2D eigenvalue weighted by molar-refractivity contribution is -0.133. The second-order valence-corrected chi connectivity index (χ2v) is 6.54. The predicted molar refractivity (Wildman–Crippen MR) is 81.7 cm³/mol. The molecular weight excluding hydrogens is 288 g/mol. The SMILES string of the molecule is CCn1nc(C)c2nc(SCC(=O)O)n(C(C)C3CC3)c21. The van der Waals surface area contributed by atoms with Crippen LogP contribution in [-0.4, -0.2) is 36.2 Å². The Morgan fingerprint density at radius 2 is 2.24 bits per heavy atom. The molecule has 0 spiro atoms. The van der Waals surface area contributed by atoms with Crippen LogP contribution in [-0.2, 0) is 11.3 Å². The standard InChI is InChI=1S/C14H20N4O2S/c1-4-17-13-12(8(2)16-17)15-14(21-7-11(19)20)18(13)9(3)10-5-6-10/h9-10H,4-7H2,1-3H3,(H,19,20). The molecule has 1 unspecified atom stereocenters. The molecule has 1 N–H and O–H groups in total. The molecule has 2 aromatic heterocycles. The summed E-state index contributed by atoms with van der Waals surface area (Å²) < 4.78 is 4.17. The van der Waals surface area contributed by atoms with Crippen LogP contribution in [0.5, 0.6) is 0 Å². The first-order valence-electron chi connectivity index (χ1n) is 7.32. The summed E-state index contributed by atoms with van der Waals surface area (Å²) >= 11 is 1.30. The number of fused-ring (bicyclic) bond motifs is 1. The normalized spacial score (nSPS) is 16.5. The van der Waals surface area contributed by atoms with Crippen molar-refractivity contribution in [1.29, 1.82) is 0 Å². The van der Waals surface area contributed by atoms with Gasteiger partial charge in [-0.25, -0.2) is 9.67 Å². The van der Waals surface area contributed by atoms with Gasteiger partial charge in [0.25, 0.3) is 0 Å². The van der Waals surface area contributed by atoms with Gasteiger partial charge in [-0.1, -0.05) is 11.8 Å². The largest absolute Gasteiger partial charge is 0.481 e. The number of carboxylic acid groups (broad SMARTS) is 1. The van der Waals surface area contributed by atoms with E-state index in [0.717, 1.165) is 28.6 Å². The number of aryl methyl sites for hydroxylation is 2. The topological polar surface area (TPSA) is 72.9 Å². The smallest absolute Gasteiger partial charge is 0.313 e. The fraction of sp³-hybridized carbons (Fsp3) is 0.643. The number of nitrogens with zero attached hydrogens (tertiary/aromatic N) is 4. The van der Waals surface area contributed by atoms with Crippen LogP contribution in [0.3, 0.4) is 0 Å². The number of carbonyl (C=O) groups is 1. The Morgan fingerprint density at radius 3 is 2.81 bits per heavy atom. The molecule has 1 saturated carbocycles. The van der Waals surface area contributed by atoms with E-state index in [0.29, 0.717) is 12.0 Å². The van der Waals surface area contributed by atoms with Crippen molar-refractivity contribution in [2.45, 2.75) is 51.4 Å². The molecular formula is C14H20N4O2S. The third-order valence-corrected chi connectivity index (χ3v) is 4.98. The van der Waals surface area contributed by atoms with Gasteiger partial charge in [-0.2, -0.15) is 5.10 Å². The van der Waals surface area contributed by atoms with Crippen LogP contribution >= 0.6 is 11.8 Å². The summed E-state index contributed by atoms with van der Waals surface area (Å²) in [5.74, 6) is -0.103. The Hall–Kier alpha value is -1.50. The Balaban J connectivity index is 2.11. The number of thioether (sulfide) groups is 1. The molecule has 114 valence electrons. The lowest BCUT2D eigenvalue weighted by Gasteiger charge is -2.17. The van der Waals surface area contributed by atoms with Gasteiger partial charge in [-0.05, 0) is 39.5 Å². The monoisotopic (exact) mass is 308 g/mol. The van der Waals surface area contributed by atoms with Crippen molar-refractivity contribution in [3.8, 4) is 0 Å². The van der Waals surface area contributed by atoms with E-state index >= 15 is 0 Å². The van der Waals surface area contributed by atoms with Gasteiger partial charge in [0.2, 0.25) is 0 Å². The zero-order chi connectivity index (χ0) is 15.1. The number of carboxylic acids is 1. The predicted octanol–water partition coefficient (Wildman–Crippen LogP) is 2.71. The number of aliphatic carboxylic acids is 1. The van der Waals surface area contributed by atoms with Gasteiger partial charge in [0.05, 0.1) is 11.4 Å². The molecule has 1 atom stereocenters. The fourth-order valence-electron chi connectivity index (χ4n) is 2.77. The second kappa shape index (κ2) is 5.36. The third-order valence-electron chi connectivity index (χ3n) is 4.05. The summed E-state index contributed by atoms with van der Waals surface area (Å²) in [5, 5.41) is 14.3. The minimum absolute atomic E-state index is 0.0373. The highest BCUT2D eigenvalue weighted by atomic mass is 32.2. The Labute approximate surface area is 127 Å². The van der Waals surface area contributed by atoms with Crippen molar-refractivity contribution < 1.29 is 9.90 Å². The summed E-state index contributed by atoms with van der Waals surface area (Å²) in [5.41, 5.74) is 2.84. The first kappa shape index (κ1) is 14.4. The van der Waals surface area contributed by atoms with Crippen molar-refractivity contribution >= 4 is 28.9 Å². The van der Waals surface area contributed by atoms with Crippen molar-refractivity contribution in [2.75, 3.05) is 5.75 Å². The molecule has 1 fully saturated rings. The molecule has 2 heterocycles. The molecule has 6 nitrogen and oxygen atoms in total. The summed E-state index contributed by atoms with van der Waals surface area (Å²) in [4.78, 5) is 15.5. The number of hydrogen-bond acceptors (Lipinski definition) is 4. The zero-order valence-electron chi connectivity index (χ0n) is 12.5. The number of rotatable bonds is 6. The summed E-state index contributed by atoms with van der Waals surface area (Å²) in [6, 6.07) is 0.340. The molecule has 0 saturated heterocycles. The van der Waals surface area contributed by atoms with Gasteiger partial charge in [0.15, 0.2) is 10.8 Å². The van der Waals surface area contributed by atoms with E-state index in [4.69, 9.17) is 5.11 Å². The minimum atomic E-state index is -0.813. The van der Waals surface area contributed by atoms with Crippen LogP contribution in [0, 0.1) is 12.8 Å². The Kier molecular flexibility index (Phi) is 3.69. The average molecular weight is 308 g/mol. The molecule has 0 radical (unpaired) electrons. The molecule has 1 aliphatic carbocycles. The highest BCUT2D eigenvalue weighted by molar-refractivity contribution is 7.99. The Bertz CT molecular complexity index is 687. The van der Waals surface area contributed by atoms with Crippen LogP contribution in [0.2, 0.25) is 0 Å². The maximum absolute atomic E-state index is 10.9. The lowest BCUT2D eigenvalue weighted by Crippen LogP contribution is -2.13. The second-order valence-electron chi connectivity index (χ2n) is 5.60. The van der Waals surface area contributed by atoms with Crippen LogP contribution in [0.15, 0.2) is 5.16 Å². The molecule has 3 rings (SSSR count). The highest BCUT2D eigenvalue weighted by Gasteiger charge is 2.33. The molecule has 0 amide bonds. The van der Waals surface area contributed by atoms with E-state index in [2.05, 4.69) is 28.5 Å². The van der Waals surface area contributed by atoms with Gasteiger partial charge < -0.3 is 9.67 Å². The first-order chi connectivity index (χ1) is 10.0. The third kappa shape index (κ3) is 2.54. The quantitative estimate of drug-likeness (QED) is 0.831. The van der Waals surface area contributed by atoms with Crippen molar-refractivity contribution in [3.05, 3.63) is 5.69 Å². The Morgan fingerprint density at radius 1 is 1.52 bits per heavy atom. The number of imidazole rings is 1. The maximum atomic E-state index is 10.9. The van der Waals surface area contributed by atoms with E-state index in [1.165, 1.54) is 24.6 Å². The molecule has 21 heavy (non-hydrogen) atoms. The molecule has 0 aromatic carbocycles. The highest BCUT2D eigenvalue weighted by Crippen LogP contribution is 2.42. The van der Waals surface area contributed by atoms with Crippen molar-refractivity contribution in [2.24, 2.45) is 5.92 Å². The van der Waals surface area contributed by atoms with Crippen LogP contribution in [0.4, 0.5) is 0 Å². The van der Waals surface area contributed by atoms with E-state index < -0.39 is 5.97 Å². The molecule has 1 aliphatic rings. The molecule has 2 aromatic rings. The van der Waals surface area contributed by atoms with E-state index in [1.807, 2.05) is 11.6 Å². The van der Waals surface area contributed by atoms with Gasteiger partial charge in [-0.15, -0.1) is 0 Å². The van der Waals surface area contributed by atoms with Gasteiger partial charge in [-0.3, -0.25) is 4.79 Å². The summed E-state index contributed by atoms with van der Waals surface area (Å²) in [6.45, 7) is 7.01.